The molecule has 1 aromatic rings. The molecule has 1 amide bonds. The van der Waals surface area contributed by atoms with Gasteiger partial charge in [-0.25, -0.2) is 0 Å². The smallest absolute Gasteiger partial charge is 0.276 e. The second-order valence-corrected chi connectivity index (χ2v) is 5.21. The second-order valence-electron chi connectivity index (χ2n) is 5.21. The lowest BCUT2D eigenvalue weighted by molar-refractivity contribution is -0.385. The lowest BCUT2D eigenvalue weighted by atomic mass is 10.1. The lowest BCUT2D eigenvalue weighted by Gasteiger charge is -2.09. The molecule has 0 saturated carbocycles. The molecule has 1 aromatic carbocycles. The Hall–Kier alpha value is -2.98. The van der Waals surface area contributed by atoms with E-state index < -0.39 is 10.8 Å². The van der Waals surface area contributed by atoms with E-state index >= 15 is 0 Å². The van der Waals surface area contributed by atoms with Crippen LogP contribution in [0.5, 0.6) is 0 Å². The van der Waals surface area contributed by atoms with Crippen LogP contribution in [0.3, 0.4) is 0 Å². The summed E-state index contributed by atoms with van der Waals surface area (Å²) in [5.74, 6) is -0.486. The first-order valence-electron chi connectivity index (χ1n) is 7.53. The zero-order valence-corrected chi connectivity index (χ0v) is 13.0. The van der Waals surface area contributed by atoms with Gasteiger partial charge in [-0.15, -0.1) is 0 Å². The van der Waals surface area contributed by atoms with Gasteiger partial charge in [0.1, 0.15) is 11.6 Å². The summed E-state index contributed by atoms with van der Waals surface area (Å²) in [4.78, 5) is 22.4. The molecule has 0 aromatic heterocycles. The van der Waals surface area contributed by atoms with Crippen LogP contribution in [0.1, 0.15) is 18.4 Å². The molecule has 1 saturated heterocycles. The van der Waals surface area contributed by atoms with E-state index in [1.165, 1.54) is 24.3 Å². The van der Waals surface area contributed by atoms with E-state index in [-0.39, 0.29) is 17.4 Å². The van der Waals surface area contributed by atoms with Crippen molar-refractivity contribution in [3.05, 3.63) is 57.7 Å². The number of allylic oxidation sites excluding steroid dienone is 2. The van der Waals surface area contributed by atoms with Crippen LogP contribution in [-0.4, -0.2) is 30.1 Å². The number of para-hydroxylation sites is 1. The van der Waals surface area contributed by atoms with Crippen LogP contribution in [0, 0.1) is 21.4 Å². The van der Waals surface area contributed by atoms with Crippen molar-refractivity contribution >= 4 is 17.7 Å². The van der Waals surface area contributed by atoms with Crippen LogP contribution in [0.2, 0.25) is 0 Å². The molecule has 1 heterocycles. The van der Waals surface area contributed by atoms with Gasteiger partial charge in [-0.2, -0.15) is 5.26 Å². The van der Waals surface area contributed by atoms with E-state index in [1.54, 1.807) is 18.2 Å². The number of nitro groups is 1. The summed E-state index contributed by atoms with van der Waals surface area (Å²) in [5, 5.41) is 22.7. The van der Waals surface area contributed by atoms with Gasteiger partial charge in [0.25, 0.3) is 11.6 Å². The Balaban J connectivity index is 2.01. The first-order chi connectivity index (χ1) is 11.6. The molecule has 0 aliphatic carbocycles. The third kappa shape index (κ3) is 4.76. The van der Waals surface area contributed by atoms with Crippen molar-refractivity contribution in [2.75, 3.05) is 13.2 Å². The average molecular weight is 327 g/mol. The maximum absolute atomic E-state index is 11.9. The third-order valence-electron chi connectivity index (χ3n) is 3.55. The van der Waals surface area contributed by atoms with Crippen LogP contribution < -0.4 is 5.32 Å². The van der Waals surface area contributed by atoms with Crippen molar-refractivity contribution in [1.29, 1.82) is 5.26 Å². The molecule has 0 radical (unpaired) electrons. The van der Waals surface area contributed by atoms with Gasteiger partial charge in [-0.1, -0.05) is 18.2 Å². The van der Waals surface area contributed by atoms with Gasteiger partial charge in [0.05, 0.1) is 16.6 Å². The number of amides is 1. The number of rotatable bonds is 6. The summed E-state index contributed by atoms with van der Waals surface area (Å²) in [6.45, 7) is 1.06. The summed E-state index contributed by atoms with van der Waals surface area (Å²) in [5.41, 5.74) is 0.294. The van der Waals surface area contributed by atoms with Crippen LogP contribution in [0.25, 0.3) is 6.08 Å². The van der Waals surface area contributed by atoms with Crippen molar-refractivity contribution in [2.45, 2.75) is 18.9 Å². The highest BCUT2D eigenvalue weighted by molar-refractivity contribution is 5.97. The van der Waals surface area contributed by atoms with Gasteiger partial charge in [0.15, 0.2) is 0 Å². The highest BCUT2D eigenvalue weighted by Crippen LogP contribution is 2.19. The molecule has 124 valence electrons. The quantitative estimate of drug-likeness (QED) is 0.284. The Morgan fingerprint density at radius 3 is 2.96 bits per heavy atom. The van der Waals surface area contributed by atoms with Crippen molar-refractivity contribution in [1.82, 2.24) is 5.32 Å². The van der Waals surface area contributed by atoms with Gasteiger partial charge in [0, 0.05) is 19.2 Å². The minimum atomic E-state index is -0.486. The van der Waals surface area contributed by atoms with Crippen molar-refractivity contribution in [3.63, 3.8) is 0 Å². The van der Waals surface area contributed by atoms with E-state index in [4.69, 9.17) is 10.00 Å². The topological polar surface area (TPSA) is 105 Å². The number of hydrogen-bond acceptors (Lipinski definition) is 5. The Labute approximate surface area is 139 Å². The predicted molar refractivity (Wildman–Crippen MR) is 87.8 cm³/mol. The van der Waals surface area contributed by atoms with Gasteiger partial charge in [0.2, 0.25) is 0 Å². The van der Waals surface area contributed by atoms with E-state index in [9.17, 15) is 14.9 Å². The summed E-state index contributed by atoms with van der Waals surface area (Å²) in [7, 11) is 0. The normalized spacial score (nSPS) is 17.6. The Bertz CT molecular complexity index is 713. The summed E-state index contributed by atoms with van der Waals surface area (Å²) >= 11 is 0. The molecule has 7 nitrogen and oxygen atoms in total. The molecule has 0 bridgehead atoms. The van der Waals surface area contributed by atoms with Crippen molar-refractivity contribution in [2.24, 2.45) is 0 Å². The van der Waals surface area contributed by atoms with Gasteiger partial charge < -0.3 is 10.1 Å². The molecule has 24 heavy (non-hydrogen) atoms. The number of nitrogens with zero attached hydrogens (tertiary/aromatic N) is 2. The first-order valence-corrected chi connectivity index (χ1v) is 7.53. The van der Waals surface area contributed by atoms with Crippen molar-refractivity contribution < 1.29 is 14.5 Å². The second kappa shape index (κ2) is 8.60. The SMILES string of the molecule is N#CC(=CC=Cc1ccccc1[N+](=O)[O-])C(=O)NCC1CCCO1. The number of carbonyl (C=O) groups excluding carboxylic acids is 1. The standard InChI is InChI=1S/C17H17N3O4/c18-11-14(17(21)19-12-15-8-4-10-24-15)7-3-6-13-5-1-2-9-16(13)20(22)23/h1-3,5-7,9,15H,4,8,10,12H2,(H,19,21). The molecular formula is C17H17N3O4. The maximum atomic E-state index is 11.9. The highest BCUT2D eigenvalue weighted by atomic mass is 16.6. The van der Waals surface area contributed by atoms with E-state index in [0.717, 1.165) is 12.8 Å². The highest BCUT2D eigenvalue weighted by Gasteiger charge is 2.17. The average Bonchev–Trinajstić information content (AvgIpc) is 3.10. The van der Waals surface area contributed by atoms with Gasteiger partial charge in [-0.05, 0) is 31.1 Å². The number of benzene rings is 1. The van der Waals surface area contributed by atoms with Crippen molar-refractivity contribution in [3.8, 4) is 6.07 Å². The Morgan fingerprint density at radius 1 is 1.50 bits per heavy atom. The zero-order chi connectivity index (χ0) is 17.4. The zero-order valence-electron chi connectivity index (χ0n) is 13.0. The summed E-state index contributed by atoms with van der Waals surface area (Å²) in [6.07, 6.45) is 6.14. The maximum Gasteiger partial charge on any atom is 0.276 e. The molecule has 1 fully saturated rings. The fraction of sp³-hybridized carbons (Fsp3) is 0.294. The number of nitriles is 1. The monoisotopic (exact) mass is 327 g/mol. The van der Waals surface area contributed by atoms with Crippen LogP contribution in [-0.2, 0) is 9.53 Å². The molecule has 1 atom stereocenters. The number of nitro benzene ring substituents is 1. The number of ether oxygens (including phenoxy) is 1. The summed E-state index contributed by atoms with van der Waals surface area (Å²) in [6, 6.07) is 8.06. The minimum Gasteiger partial charge on any atom is -0.376 e. The van der Waals surface area contributed by atoms with Crippen LogP contribution in [0.15, 0.2) is 42.0 Å². The third-order valence-corrected chi connectivity index (χ3v) is 3.55. The molecule has 1 aliphatic heterocycles. The van der Waals surface area contributed by atoms with Gasteiger partial charge >= 0.3 is 0 Å². The molecule has 7 heteroatoms. The molecule has 1 N–H and O–H groups in total. The fourth-order valence-corrected chi connectivity index (χ4v) is 2.31. The first kappa shape index (κ1) is 17.4. The fourth-order valence-electron chi connectivity index (χ4n) is 2.31. The van der Waals surface area contributed by atoms with Gasteiger partial charge in [-0.3, -0.25) is 14.9 Å². The Morgan fingerprint density at radius 2 is 2.29 bits per heavy atom. The van der Waals surface area contributed by atoms with Crippen LogP contribution in [0.4, 0.5) is 5.69 Å². The lowest BCUT2D eigenvalue weighted by Crippen LogP contribution is -2.32. The molecule has 0 spiro atoms. The van der Waals surface area contributed by atoms with E-state index in [1.807, 2.05) is 6.07 Å². The predicted octanol–water partition coefficient (Wildman–Crippen LogP) is 2.35. The largest absolute Gasteiger partial charge is 0.376 e. The van der Waals surface area contributed by atoms with Crippen LogP contribution >= 0.6 is 0 Å². The van der Waals surface area contributed by atoms with E-state index in [0.29, 0.717) is 18.7 Å². The Kier molecular flexibility index (Phi) is 6.23. The summed E-state index contributed by atoms with van der Waals surface area (Å²) < 4.78 is 5.40. The number of nitrogens with one attached hydrogen (secondary N) is 1. The molecule has 2 rings (SSSR count). The molecule has 1 unspecified atom stereocenters. The van der Waals surface area contributed by atoms with E-state index in [2.05, 4.69) is 5.32 Å². The molecule has 1 aliphatic rings. The minimum absolute atomic E-state index is 0.00333. The number of hydrogen-bond donors (Lipinski definition) is 1. The molecular weight excluding hydrogens is 310 g/mol. The number of carbonyl (C=O) groups is 1.